The maximum absolute atomic E-state index is 12.6. The Kier molecular flexibility index (Phi) is 6.18. The van der Waals surface area contributed by atoms with Crippen LogP contribution in [0.3, 0.4) is 0 Å². The summed E-state index contributed by atoms with van der Waals surface area (Å²) in [4.78, 5) is 17.3. The minimum Gasteiger partial charge on any atom is -0.383 e. The zero-order chi connectivity index (χ0) is 17.6. The largest absolute Gasteiger partial charge is 0.383 e. The van der Waals surface area contributed by atoms with Crippen molar-refractivity contribution in [3.05, 3.63) is 35.9 Å². The Hall–Kier alpha value is -1.76. The van der Waals surface area contributed by atoms with Gasteiger partial charge in [-0.2, -0.15) is 5.10 Å². The number of hydrogen-bond acceptors (Lipinski definition) is 5. The first-order valence-electron chi connectivity index (χ1n) is 9.06. The summed E-state index contributed by atoms with van der Waals surface area (Å²) in [5, 5.41) is 6.19. The summed E-state index contributed by atoms with van der Waals surface area (Å²) in [5.74, 6) is 0.100. The van der Waals surface area contributed by atoms with Crippen LogP contribution in [0.4, 0.5) is 0 Å². The lowest BCUT2D eigenvalue weighted by atomic mass is 10.1. The molecule has 2 aliphatic rings. The van der Waals surface area contributed by atoms with Crippen molar-refractivity contribution in [2.24, 2.45) is 5.10 Å². The fourth-order valence-electron chi connectivity index (χ4n) is 3.50. The predicted octanol–water partition coefficient (Wildman–Crippen LogP) is 1.28. The van der Waals surface area contributed by atoms with E-state index in [-0.39, 0.29) is 5.91 Å². The van der Waals surface area contributed by atoms with Gasteiger partial charge in [-0.25, -0.2) is 5.01 Å². The average Bonchev–Trinajstić information content (AvgIpc) is 3.12. The molecule has 1 aromatic rings. The first-order chi connectivity index (χ1) is 12.2. The van der Waals surface area contributed by atoms with E-state index in [1.165, 1.54) is 0 Å². The van der Waals surface area contributed by atoms with Gasteiger partial charge in [0.2, 0.25) is 0 Å². The van der Waals surface area contributed by atoms with Crippen LogP contribution in [0.2, 0.25) is 0 Å². The van der Waals surface area contributed by atoms with Crippen molar-refractivity contribution in [3.8, 4) is 0 Å². The van der Waals surface area contributed by atoms with E-state index in [2.05, 4.69) is 21.8 Å². The molecule has 0 aliphatic carbocycles. The lowest BCUT2D eigenvalue weighted by Gasteiger charge is -2.39. The van der Waals surface area contributed by atoms with E-state index in [0.29, 0.717) is 19.1 Å². The molecule has 1 aromatic carbocycles. The van der Waals surface area contributed by atoms with Gasteiger partial charge >= 0.3 is 0 Å². The maximum atomic E-state index is 12.6. The van der Waals surface area contributed by atoms with Crippen molar-refractivity contribution in [3.63, 3.8) is 0 Å². The molecule has 0 aromatic heterocycles. The maximum Gasteiger partial charge on any atom is 0.256 e. The molecule has 0 spiro atoms. The molecule has 1 atom stereocenters. The molecule has 2 aliphatic heterocycles. The standard InChI is InChI=1S/C19H28N4O2/c1-16-14-21(10-11-22(16)12-13-25-2)15-19(24)23-9-8-18(20-23)17-6-4-3-5-7-17/h3-7,16H,8-15H2,1-2H3. The van der Waals surface area contributed by atoms with Crippen LogP contribution >= 0.6 is 0 Å². The Balaban J connectivity index is 1.51. The topological polar surface area (TPSA) is 48.4 Å². The van der Waals surface area contributed by atoms with Crippen molar-refractivity contribution >= 4 is 11.6 Å². The number of carbonyl (C=O) groups excluding carboxylic acids is 1. The Bertz CT molecular complexity index is 605. The predicted molar refractivity (Wildman–Crippen MR) is 98.7 cm³/mol. The summed E-state index contributed by atoms with van der Waals surface area (Å²) in [6.45, 7) is 7.89. The summed E-state index contributed by atoms with van der Waals surface area (Å²) >= 11 is 0. The number of hydrogen-bond donors (Lipinski definition) is 0. The van der Waals surface area contributed by atoms with E-state index in [9.17, 15) is 4.79 Å². The van der Waals surface area contributed by atoms with Crippen molar-refractivity contribution in [1.29, 1.82) is 0 Å². The number of methoxy groups -OCH3 is 1. The van der Waals surface area contributed by atoms with Gasteiger partial charge in [-0.1, -0.05) is 30.3 Å². The molecular formula is C19H28N4O2. The van der Waals surface area contributed by atoms with Gasteiger partial charge in [-0.3, -0.25) is 14.6 Å². The van der Waals surface area contributed by atoms with E-state index in [1.807, 2.05) is 30.3 Å². The van der Waals surface area contributed by atoms with Crippen LogP contribution in [0.15, 0.2) is 35.4 Å². The third-order valence-electron chi connectivity index (χ3n) is 4.99. The second kappa shape index (κ2) is 8.56. The quantitative estimate of drug-likeness (QED) is 0.780. The number of benzene rings is 1. The smallest absolute Gasteiger partial charge is 0.256 e. The Morgan fingerprint density at radius 1 is 1.24 bits per heavy atom. The molecular weight excluding hydrogens is 316 g/mol. The molecule has 6 nitrogen and oxygen atoms in total. The molecule has 1 unspecified atom stereocenters. The normalized spacial score (nSPS) is 22.2. The zero-order valence-corrected chi connectivity index (χ0v) is 15.2. The fourth-order valence-corrected chi connectivity index (χ4v) is 3.50. The van der Waals surface area contributed by atoms with E-state index in [4.69, 9.17) is 4.74 Å². The summed E-state index contributed by atoms with van der Waals surface area (Å²) in [7, 11) is 1.74. The van der Waals surface area contributed by atoms with Gasteiger partial charge in [0.1, 0.15) is 0 Å². The van der Waals surface area contributed by atoms with Crippen LogP contribution in [0, 0.1) is 0 Å². The number of ether oxygens (including phenoxy) is 1. The molecule has 3 rings (SSSR count). The molecule has 25 heavy (non-hydrogen) atoms. The highest BCUT2D eigenvalue weighted by molar-refractivity contribution is 6.02. The molecule has 0 bridgehead atoms. The van der Waals surface area contributed by atoms with Gasteiger partial charge in [0.25, 0.3) is 5.91 Å². The van der Waals surface area contributed by atoms with Crippen LogP contribution in [-0.4, -0.2) is 85.5 Å². The highest BCUT2D eigenvalue weighted by Gasteiger charge is 2.27. The molecule has 1 saturated heterocycles. The first kappa shape index (κ1) is 18.0. The lowest BCUT2D eigenvalue weighted by Crippen LogP contribution is -2.54. The van der Waals surface area contributed by atoms with Crippen LogP contribution in [-0.2, 0) is 9.53 Å². The molecule has 0 saturated carbocycles. The number of hydrazone groups is 1. The third kappa shape index (κ3) is 4.66. The number of amides is 1. The number of nitrogens with zero attached hydrogens (tertiary/aromatic N) is 4. The van der Waals surface area contributed by atoms with Crippen LogP contribution < -0.4 is 0 Å². The summed E-state index contributed by atoms with van der Waals surface area (Å²) in [6, 6.07) is 10.6. The van der Waals surface area contributed by atoms with Crippen molar-refractivity contribution in [1.82, 2.24) is 14.8 Å². The van der Waals surface area contributed by atoms with Crippen molar-refractivity contribution in [2.75, 3.05) is 53.0 Å². The van der Waals surface area contributed by atoms with Gasteiger partial charge in [0.05, 0.1) is 25.4 Å². The molecule has 0 N–H and O–H groups in total. The van der Waals surface area contributed by atoms with Gasteiger partial charge in [-0.05, 0) is 12.5 Å². The SMILES string of the molecule is COCCN1CCN(CC(=O)N2CCC(c3ccccc3)=N2)CC1C. The van der Waals surface area contributed by atoms with Gasteiger partial charge in [0.15, 0.2) is 0 Å². The minimum atomic E-state index is 0.100. The summed E-state index contributed by atoms with van der Waals surface area (Å²) in [5.41, 5.74) is 2.12. The first-order valence-corrected chi connectivity index (χ1v) is 9.06. The second-order valence-corrected chi connectivity index (χ2v) is 6.79. The van der Waals surface area contributed by atoms with E-state index >= 15 is 0 Å². The highest BCUT2D eigenvalue weighted by atomic mass is 16.5. The minimum absolute atomic E-state index is 0.100. The van der Waals surface area contributed by atoms with E-state index in [1.54, 1.807) is 12.1 Å². The third-order valence-corrected chi connectivity index (χ3v) is 4.99. The van der Waals surface area contributed by atoms with Crippen molar-refractivity contribution in [2.45, 2.75) is 19.4 Å². The van der Waals surface area contributed by atoms with E-state index in [0.717, 1.165) is 50.5 Å². The average molecular weight is 344 g/mol. The molecule has 136 valence electrons. The number of carbonyl (C=O) groups is 1. The van der Waals surface area contributed by atoms with E-state index < -0.39 is 0 Å². The lowest BCUT2D eigenvalue weighted by molar-refractivity contribution is -0.132. The Morgan fingerprint density at radius 2 is 2.04 bits per heavy atom. The van der Waals surface area contributed by atoms with Gasteiger partial charge in [0, 0.05) is 45.8 Å². The summed E-state index contributed by atoms with van der Waals surface area (Å²) in [6.07, 6.45) is 0.830. The Labute approximate surface area is 150 Å². The summed E-state index contributed by atoms with van der Waals surface area (Å²) < 4.78 is 5.17. The highest BCUT2D eigenvalue weighted by Crippen LogP contribution is 2.15. The molecule has 1 amide bonds. The van der Waals surface area contributed by atoms with Gasteiger partial charge < -0.3 is 4.74 Å². The molecule has 1 fully saturated rings. The monoisotopic (exact) mass is 344 g/mol. The second-order valence-electron chi connectivity index (χ2n) is 6.79. The number of rotatable bonds is 6. The van der Waals surface area contributed by atoms with Crippen LogP contribution in [0.25, 0.3) is 0 Å². The van der Waals surface area contributed by atoms with Crippen molar-refractivity contribution < 1.29 is 9.53 Å². The van der Waals surface area contributed by atoms with Gasteiger partial charge in [-0.15, -0.1) is 0 Å². The van der Waals surface area contributed by atoms with Crippen LogP contribution in [0.1, 0.15) is 18.9 Å². The molecule has 2 heterocycles. The zero-order valence-electron chi connectivity index (χ0n) is 15.2. The molecule has 0 radical (unpaired) electrons. The number of piperazine rings is 1. The van der Waals surface area contributed by atoms with Crippen LogP contribution in [0.5, 0.6) is 0 Å². The Morgan fingerprint density at radius 3 is 2.76 bits per heavy atom. The fraction of sp³-hybridized carbons (Fsp3) is 0.579. The molecule has 6 heteroatoms.